The van der Waals surface area contributed by atoms with Gasteiger partial charge in [-0.2, -0.15) is 4.98 Å². The van der Waals surface area contributed by atoms with Crippen LogP contribution in [0, 0.1) is 11.8 Å². The monoisotopic (exact) mass is 525 g/mol. The summed E-state index contributed by atoms with van der Waals surface area (Å²) < 4.78 is 5.85. The summed E-state index contributed by atoms with van der Waals surface area (Å²) >= 11 is 0. The Kier molecular flexibility index (Phi) is 7.49. The van der Waals surface area contributed by atoms with E-state index < -0.39 is 0 Å². The third-order valence-corrected chi connectivity index (χ3v) is 8.37. The Balaban J connectivity index is 1.30. The van der Waals surface area contributed by atoms with Crippen molar-refractivity contribution < 1.29 is 9.32 Å². The van der Waals surface area contributed by atoms with Crippen molar-refractivity contribution in [3.63, 3.8) is 0 Å². The van der Waals surface area contributed by atoms with E-state index in [-0.39, 0.29) is 0 Å². The van der Waals surface area contributed by atoms with Crippen LogP contribution in [0.4, 0.5) is 5.82 Å². The molecule has 0 atom stereocenters. The molecular weight excluding hydrogens is 486 g/mol. The van der Waals surface area contributed by atoms with Gasteiger partial charge in [0.25, 0.3) is 5.71 Å². The first-order valence-corrected chi connectivity index (χ1v) is 14.7. The van der Waals surface area contributed by atoms with Gasteiger partial charge in [0.15, 0.2) is 0 Å². The van der Waals surface area contributed by atoms with Crippen molar-refractivity contribution in [3.05, 3.63) is 48.3 Å². The first kappa shape index (κ1) is 25.8. The second-order valence-corrected chi connectivity index (χ2v) is 11.7. The minimum atomic E-state index is 0.305. The molecule has 0 bridgehead atoms. The van der Waals surface area contributed by atoms with Crippen molar-refractivity contribution in [1.29, 1.82) is 0 Å². The molecule has 1 amide bonds. The summed E-state index contributed by atoms with van der Waals surface area (Å²) in [5.74, 6) is 3.13. The van der Waals surface area contributed by atoms with Gasteiger partial charge in [0.1, 0.15) is 22.7 Å². The molecule has 7 nitrogen and oxygen atoms in total. The molecule has 39 heavy (non-hydrogen) atoms. The van der Waals surface area contributed by atoms with E-state index in [1.807, 2.05) is 0 Å². The molecule has 2 aromatic carbocycles. The van der Waals surface area contributed by atoms with Gasteiger partial charge in [-0.15, -0.1) is 0 Å². The number of amides is 1. The molecule has 1 aliphatic carbocycles. The minimum absolute atomic E-state index is 0.305. The Morgan fingerprint density at radius 2 is 1.79 bits per heavy atom. The highest BCUT2D eigenvalue weighted by Gasteiger charge is 2.26. The molecule has 4 aromatic rings. The maximum atomic E-state index is 13.1. The fourth-order valence-corrected chi connectivity index (χ4v) is 6.26. The number of carbonyl (C=O) groups is 1. The van der Waals surface area contributed by atoms with Crippen molar-refractivity contribution in [1.82, 2.24) is 20.0 Å². The molecule has 2 aromatic heterocycles. The number of carbonyl (C=O) groups excluding carboxylic acids is 1. The van der Waals surface area contributed by atoms with Crippen LogP contribution in [0.1, 0.15) is 64.6 Å². The van der Waals surface area contributed by atoms with Gasteiger partial charge in [-0.1, -0.05) is 81.1 Å². The van der Waals surface area contributed by atoms with Crippen LogP contribution >= 0.6 is 0 Å². The second-order valence-electron chi connectivity index (χ2n) is 11.7. The fourth-order valence-electron chi connectivity index (χ4n) is 6.26. The van der Waals surface area contributed by atoms with Gasteiger partial charge in [-0.05, 0) is 41.5 Å². The lowest BCUT2D eigenvalue weighted by Gasteiger charge is -2.24. The molecule has 0 radical (unpaired) electrons. The highest BCUT2D eigenvalue weighted by atomic mass is 16.5. The summed E-state index contributed by atoms with van der Waals surface area (Å²) in [5, 5.41) is 7.72. The zero-order chi connectivity index (χ0) is 26.8. The molecule has 2 aliphatic rings. The van der Waals surface area contributed by atoms with E-state index in [0.717, 1.165) is 78.5 Å². The SMILES string of the molecule is CC(C)Cc1nc(N2CCCN(C(=O)CCC3CCCC3)CC2)c2c(-c3ccc4ccccc4c3)noc2n1. The van der Waals surface area contributed by atoms with Crippen LogP contribution in [0.25, 0.3) is 33.1 Å². The van der Waals surface area contributed by atoms with Crippen LogP contribution in [0.5, 0.6) is 0 Å². The number of hydrogen-bond acceptors (Lipinski definition) is 6. The summed E-state index contributed by atoms with van der Waals surface area (Å²) in [5.41, 5.74) is 2.30. The highest BCUT2D eigenvalue weighted by molar-refractivity contribution is 6.00. The molecule has 3 heterocycles. The first-order valence-electron chi connectivity index (χ1n) is 14.7. The Bertz CT molecular complexity index is 1460. The van der Waals surface area contributed by atoms with Gasteiger partial charge < -0.3 is 14.3 Å². The summed E-state index contributed by atoms with van der Waals surface area (Å²) in [6.07, 6.45) is 8.65. The predicted octanol–water partition coefficient (Wildman–Crippen LogP) is 6.65. The lowest BCUT2D eigenvalue weighted by atomic mass is 10.0. The quantitative estimate of drug-likeness (QED) is 0.269. The van der Waals surface area contributed by atoms with Crippen molar-refractivity contribution in [2.24, 2.45) is 11.8 Å². The number of aromatic nitrogens is 3. The largest absolute Gasteiger partial charge is 0.354 e. The lowest BCUT2D eigenvalue weighted by molar-refractivity contribution is -0.131. The van der Waals surface area contributed by atoms with Gasteiger partial charge >= 0.3 is 0 Å². The summed E-state index contributed by atoms with van der Waals surface area (Å²) in [6, 6.07) is 14.7. The maximum absolute atomic E-state index is 13.1. The van der Waals surface area contributed by atoms with Crippen LogP contribution in [0.15, 0.2) is 47.0 Å². The molecule has 6 rings (SSSR count). The van der Waals surface area contributed by atoms with Crippen LogP contribution in [-0.4, -0.2) is 52.1 Å². The van der Waals surface area contributed by atoms with E-state index in [1.165, 1.54) is 31.1 Å². The third-order valence-electron chi connectivity index (χ3n) is 8.37. The number of hydrogen-bond donors (Lipinski definition) is 0. The second kappa shape index (κ2) is 11.3. The van der Waals surface area contributed by atoms with Gasteiger partial charge in [-0.3, -0.25) is 4.79 Å². The Morgan fingerprint density at radius 3 is 2.62 bits per heavy atom. The number of benzene rings is 2. The Hall–Kier alpha value is -3.48. The van der Waals surface area contributed by atoms with E-state index >= 15 is 0 Å². The molecule has 2 fully saturated rings. The van der Waals surface area contributed by atoms with Crippen molar-refractivity contribution in [2.75, 3.05) is 31.1 Å². The van der Waals surface area contributed by atoms with E-state index in [2.05, 4.69) is 71.3 Å². The zero-order valence-corrected chi connectivity index (χ0v) is 23.2. The standard InChI is InChI=1S/C32H39N5O2/c1-22(2)20-27-33-31(37-17-7-16-36(18-19-37)28(38)15-12-23-8-3-4-9-23)29-30(35-39-32(29)34-27)26-14-13-24-10-5-6-11-25(24)21-26/h5-6,10-11,13-14,21-23H,3-4,7-9,12,15-20H2,1-2H3. The molecule has 204 valence electrons. The van der Waals surface area contributed by atoms with E-state index in [4.69, 9.17) is 14.5 Å². The predicted molar refractivity (Wildman–Crippen MR) is 156 cm³/mol. The first-order chi connectivity index (χ1) is 19.0. The van der Waals surface area contributed by atoms with Gasteiger partial charge in [0, 0.05) is 44.6 Å². The highest BCUT2D eigenvalue weighted by Crippen LogP contribution is 2.36. The summed E-state index contributed by atoms with van der Waals surface area (Å²) in [6.45, 7) is 7.44. The van der Waals surface area contributed by atoms with Crippen LogP contribution in [-0.2, 0) is 11.2 Å². The molecule has 1 aliphatic heterocycles. The zero-order valence-electron chi connectivity index (χ0n) is 23.2. The number of fused-ring (bicyclic) bond motifs is 2. The molecule has 0 spiro atoms. The van der Waals surface area contributed by atoms with E-state index in [1.54, 1.807) is 0 Å². The summed E-state index contributed by atoms with van der Waals surface area (Å²) in [4.78, 5) is 27.4. The van der Waals surface area contributed by atoms with Crippen molar-refractivity contribution in [2.45, 2.75) is 65.2 Å². The average molecular weight is 526 g/mol. The minimum Gasteiger partial charge on any atom is -0.354 e. The van der Waals surface area contributed by atoms with Gasteiger partial charge in [0.2, 0.25) is 5.91 Å². The van der Waals surface area contributed by atoms with Crippen LogP contribution in [0.3, 0.4) is 0 Å². The number of rotatable bonds is 7. The topological polar surface area (TPSA) is 75.4 Å². The molecular formula is C32H39N5O2. The molecule has 7 heteroatoms. The normalized spacial score (nSPS) is 17.0. The molecule has 1 saturated heterocycles. The number of nitrogens with zero attached hydrogens (tertiary/aromatic N) is 5. The number of anilines is 1. The van der Waals surface area contributed by atoms with Crippen LogP contribution in [0.2, 0.25) is 0 Å². The molecule has 0 unspecified atom stereocenters. The average Bonchev–Trinajstić information content (AvgIpc) is 3.55. The molecule has 0 N–H and O–H groups in total. The van der Waals surface area contributed by atoms with E-state index in [0.29, 0.717) is 30.5 Å². The Labute approximate surface area is 230 Å². The smallest absolute Gasteiger partial charge is 0.263 e. The lowest BCUT2D eigenvalue weighted by Crippen LogP contribution is -2.35. The van der Waals surface area contributed by atoms with Gasteiger partial charge in [-0.25, -0.2) is 4.98 Å². The van der Waals surface area contributed by atoms with Crippen LogP contribution < -0.4 is 4.90 Å². The van der Waals surface area contributed by atoms with Crippen molar-refractivity contribution >= 4 is 33.6 Å². The maximum Gasteiger partial charge on any atom is 0.263 e. The van der Waals surface area contributed by atoms with Gasteiger partial charge in [0.05, 0.1) is 0 Å². The Morgan fingerprint density at radius 1 is 0.974 bits per heavy atom. The van der Waals surface area contributed by atoms with Crippen molar-refractivity contribution in [3.8, 4) is 11.3 Å². The summed E-state index contributed by atoms with van der Waals surface area (Å²) in [7, 11) is 0. The fraction of sp³-hybridized carbons (Fsp3) is 0.500. The molecule has 1 saturated carbocycles. The third kappa shape index (κ3) is 5.63. The van der Waals surface area contributed by atoms with E-state index in [9.17, 15) is 4.79 Å².